The Labute approximate surface area is 299 Å². The first-order valence-electron chi connectivity index (χ1n) is 18.4. The minimum absolute atomic E-state index is 0.0816. The van der Waals surface area contributed by atoms with Crippen molar-refractivity contribution in [1.29, 1.82) is 0 Å². The molecule has 0 aromatic heterocycles. The van der Waals surface area contributed by atoms with Crippen LogP contribution in [0.3, 0.4) is 0 Å². The van der Waals surface area contributed by atoms with E-state index in [0.29, 0.717) is 48.5 Å². The van der Waals surface area contributed by atoms with Gasteiger partial charge in [0.15, 0.2) is 0 Å². The Morgan fingerprint density at radius 2 is 1.51 bits per heavy atom. The van der Waals surface area contributed by atoms with Gasteiger partial charge in [-0.3, -0.25) is 4.90 Å². The number of carbonyl (C=O) groups excluding carboxylic acids is 2. The lowest BCUT2D eigenvalue weighted by atomic mass is 9.43. The number of ether oxygens (including phenoxy) is 7. The van der Waals surface area contributed by atoms with Crippen LogP contribution < -0.4 is 9.47 Å². The summed E-state index contributed by atoms with van der Waals surface area (Å²) in [5, 5.41) is 13.5. The SMILES string of the molecule is CCN1C[C@]2(COC)CC[C@H](OC(=O)c3ccccc3OC)[C@]34C1[C@H]([C@H](OC)[C@H]23)[C@@]1(O)C[C@H](OC)[C@H]2C[C@@H]4[C@@H]1[C@H]2OC(=O)c1ccccc1OC. The summed E-state index contributed by atoms with van der Waals surface area (Å²) in [6, 6.07) is 14.1. The number of methoxy groups -OCH3 is 5. The number of aliphatic hydroxyl groups is 1. The van der Waals surface area contributed by atoms with Gasteiger partial charge in [0.05, 0.1) is 38.6 Å². The maximum atomic E-state index is 14.3. The number of fused-ring (bicyclic) bond motifs is 2. The Kier molecular flexibility index (Phi) is 8.69. The van der Waals surface area contributed by atoms with E-state index in [0.717, 1.165) is 19.5 Å². The van der Waals surface area contributed by atoms with Crippen LogP contribution >= 0.6 is 0 Å². The molecule has 11 heteroatoms. The summed E-state index contributed by atoms with van der Waals surface area (Å²) in [5.74, 6) is -1.25. The van der Waals surface area contributed by atoms with Gasteiger partial charge in [-0.2, -0.15) is 0 Å². The maximum Gasteiger partial charge on any atom is 0.342 e. The van der Waals surface area contributed by atoms with Crippen molar-refractivity contribution in [2.24, 2.45) is 40.4 Å². The Morgan fingerprint density at radius 3 is 2.10 bits per heavy atom. The minimum Gasteiger partial charge on any atom is -0.496 e. The predicted octanol–water partition coefficient (Wildman–Crippen LogP) is 4.25. The molecule has 0 radical (unpaired) electrons. The largest absolute Gasteiger partial charge is 0.496 e. The fourth-order valence-corrected chi connectivity index (χ4v) is 13.0. The molecule has 1 saturated heterocycles. The lowest BCUT2D eigenvalue weighted by molar-refractivity contribution is -0.271. The zero-order valence-electron chi connectivity index (χ0n) is 30.4. The molecule has 2 aromatic carbocycles. The molecule has 51 heavy (non-hydrogen) atoms. The highest BCUT2D eigenvalue weighted by Crippen LogP contribution is 2.79. The van der Waals surface area contributed by atoms with Gasteiger partial charge in [0.2, 0.25) is 0 Å². The molecule has 7 bridgehead atoms. The molecule has 5 saturated carbocycles. The van der Waals surface area contributed by atoms with Crippen LogP contribution in [0.5, 0.6) is 11.5 Å². The van der Waals surface area contributed by atoms with Gasteiger partial charge in [0.25, 0.3) is 0 Å². The van der Waals surface area contributed by atoms with Gasteiger partial charge < -0.3 is 38.3 Å². The summed E-state index contributed by atoms with van der Waals surface area (Å²) < 4.78 is 43.3. The lowest BCUT2D eigenvalue weighted by Gasteiger charge is -2.68. The molecule has 1 heterocycles. The topological polar surface area (TPSA) is 122 Å². The molecule has 1 aliphatic heterocycles. The second kappa shape index (κ2) is 12.7. The molecule has 0 amide bonds. The van der Waals surface area contributed by atoms with Crippen molar-refractivity contribution in [3.8, 4) is 11.5 Å². The third-order valence-corrected chi connectivity index (χ3v) is 14.2. The number of esters is 2. The summed E-state index contributed by atoms with van der Waals surface area (Å²) >= 11 is 0. The number of hydrogen-bond acceptors (Lipinski definition) is 11. The predicted molar refractivity (Wildman–Crippen MR) is 185 cm³/mol. The number of likely N-dealkylation sites (tertiary alicyclic amines) is 1. The second-order valence-corrected chi connectivity index (χ2v) is 15.7. The molecule has 2 aromatic rings. The zero-order valence-corrected chi connectivity index (χ0v) is 30.4. The first kappa shape index (κ1) is 34.8. The van der Waals surface area contributed by atoms with Gasteiger partial charge in [-0.25, -0.2) is 9.59 Å². The van der Waals surface area contributed by atoms with Gasteiger partial charge in [-0.05, 0) is 56.0 Å². The van der Waals surface area contributed by atoms with E-state index < -0.39 is 41.1 Å². The van der Waals surface area contributed by atoms with Crippen LogP contribution in [0.4, 0.5) is 0 Å². The van der Waals surface area contributed by atoms with E-state index >= 15 is 0 Å². The zero-order chi connectivity index (χ0) is 35.9. The monoisotopic (exact) mass is 705 g/mol. The van der Waals surface area contributed by atoms with Crippen LogP contribution in [-0.4, -0.2) is 113 Å². The average molecular weight is 706 g/mol. The van der Waals surface area contributed by atoms with Crippen LogP contribution in [0.1, 0.15) is 53.3 Å². The van der Waals surface area contributed by atoms with Gasteiger partial charge in [0.1, 0.15) is 34.8 Å². The van der Waals surface area contributed by atoms with Crippen LogP contribution in [0.15, 0.2) is 48.5 Å². The number of hydrogen-bond donors (Lipinski definition) is 1. The summed E-state index contributed by atoms with van der Waals surface area (Å²) in [5.41, 5.74) is -1.51. The Hall–Kier alpha value is -3.22. The summed E-state index contributed by atoms with van der Waals surface area (Å²) in [7, 11) is 8.27. The molecule has 11 nitrogen and oxygen atoms in total. The van der Waals surface area contributed by atoms with Crippen LogP contribution in [0.25, 0.3) is 0 Å². The molecule has 276 valence electrons. The van der Waals surface area contributed by atoms with Crippen molar-refractivity contribution in [3.63, 3.8) is 0 Å². The number of piperidine rings is 1. The smallest absolute Gasteiger partial charge is 0.342 e. The average Bonchev–Trinajstić information content (AvgIpc) is 3.59. The number of nitrogens with zero attached hydrogens (tertiary/aromatic N) is 1. The maximum absolute atomic E-state index is 14.3. The highest BCUT2D eigenvalue weighted by molar-refractivity contribution is 5.93. The molecule has 5 aliphatic carbocycles. The molecule has 13 atom stereocenters. The van der Waals surface area contributed by atoms with Crippen molar-refractivity contribution < 1.29 is 47.9 Å². The number of carbonyl (C=O) groups is 2. The van der Waals surface area contributed by atoms with Crippen molar-refractivity contribution in [3.05, 3.63) is 59.7 Å². The van der Waals surface area contributed by atoms with Crippen LogP contribution in [0, 0.1) is 40.4 Å². The van der Waals surface area contributed by atoms with Crippen molar-refractivity contribution in [2.45, 2.75) is 68.7 Å². The highest BCUT2D eigenvalue weighted by atomic mass is 16.6. The molecule has 1 N–H and O–H groups in total. The molecule has 1 unspecified atom stereocenters. The third kappa shape index (κ3) is 4.60. The minimum atomic E-state index is -1.29. The Morgan fingerprint density at radius 1 is 0.863 bits per heavy atom. The molecule has 6 aliphatic rings. The first-order chi connectivity index (χ1) is 24.7. The van der Waals surface area contributed by atoms with E-state index in [1.807, 2.05) is 18.2 Å². The van der Waals surface area contributed by atoms with Crippen LogP contribution in [-0.2, 0) is 23.7 Å². The van der Waals surface area contributed by atoms with Crippen molar-refractivity contribution >= 4 is 11.9 Å². The number of para-hydroxylation sites is 2. The van der Waals surface area contributed by atoms with Gasteiger partial charge in [-0.15, -0.1) is 0 Å². The molecular weight excluding hydrogens is 654 g/mol. The van der Waals surface area contributed by atoms with Gasteiger partial charge >= 0.3 is 11.9 Å². The quantitative estimate of drug-likeness (QED) is 0.338. The fourth-order valence-electron chi connectivity index (χ4n) is 13.0. The summed E-state index contributed by atoms with van der Waals surface area (Å²) in [6.07, 6.45) is 0.639. The van der Waals surface area contributed by atoms with E-state index in [-0.39, 0.29) is 47.3 Å². The van der Waals surface area contributed by atoms with Crippen molar-refractivity contribution in [2.75, 3.05) is 55.2 Å². The van der Waals surface area contributed by atoms with Crippen LogP contribution in [0.2, 0.25) is 0 Å². The first-order valence-corrected chi connectivity index (χ1v) is 18.4. The normalized spacial score (nSPS) is 41.5. The number of benzene rings is 2. The highest BCUT2D eigenvalue weighted by Gasteiger charge is 2.87. The Balaban J connectivity index is 1.30. The number of rotatable bonds is 11. The molecular formula is C40H51NO10. The lowest BCUT2D eigenvalue weighted by Crippen LogP contribution is -2.76. The van der Waals surface area contributed by atoms with E-state index in [1.165, 1.54) is 7.11 Å². The Bertz CT molecular complexity index is 1670. The third-order valence-electron chi connectivity index (χ3n) is 14.2. The second-order valence-electron chi connectivity index (χ2n) is 15.7. The van der Waals surface area contributed by atoms with E-state index in [9.17, 15) is 14.7 Å². The fraction of sp³-hybridized carbons (Fsp3) is 0.650. The molecule has 8 rings (SSSR count). The van der Waals surface area contributed by atoms with E-state index in [1.54, 1.807) is 58.8 Å². The van der Waals surface area contributed by atoms with Crippen molar-refractivity contribution in [1.82, 2.24) is 4.90 Å². The molecule has 1 spiro atoms. The van der Waals surface area contributed by atoms with E-state index in [2.05, 4.69) is 11.8 Å². The van der Waals surface area contributed by atoms with E-state index in [4.69, 9.17) is 33.2 Å². The standard InChI is InChI=1S/C40H51NO10/c1-7-41-20-38(21-45-2)17-16-29(50-36(42)22-12-8-10-14-26(22)46-3)40-25-18-24-28(48-5)19-39(44,31(35(40)41)33(49-6)34(38)40)30(25)32(24)51-37(43)23-13-9-11-15-27(23)47-4/h8-15,24-25,28-35,44H,7,16-21H2,1-6H3/t24-,25-,28+,29+,30-,31+,32+,33+,34-,35?,38+,39-,40+/m1/s1. The van der Waals surface area contributed by atoms with Gasteiger partial charge in [-0.1, -0.05) is 31.2 Å². The molecule has 6 fully saturated rings. The van der Waals surface area contributed by atoms with Gasteiger partial charge in [0, 0.05) is 74.8 Å². The summed E-state index contributed by atoms with van der Waals surface area (Å²) in [4.78, 5) is 30.8. The summed E-state index contributed by atoms with van der Waals surface area (Å²) in [6.45, 7) is 4.24.